The highest BCUT2D eigenvalue weighted by atomic mass is 19.2. The summed E-state index contributed by atoms with van der Waals surface area (Å²) in [5, 5.41) is 2.09. The van der Waals surface area contributed by atoms with Crippen molar-refractivity contribution in [1.29, 1.82) is 0 Å². The lowest BCUT2D eigenvalue weighted by Crippen LogP contribution is -2.28. The zero-order chi connectivity index (χ0) is 17.2. The topological polar surface area (TPSA) is 38.3 Å². The first-order chi connectivity index (χ1) is 9.94. The van der Waals surface area contributed by atoms with Gasteiger partial charge in [-0.15, -0.1) is 0 Å². The molecule has 0 fully saturated rings. The highest BCUT2D eigenvalue weighted by molar-refractivity contribution is 5.88. The molecule has 6 heteroatoms. The molecule has 0 saturated heterocycles. The van der Waals surface area contributed by atoms with Gasteiger partial charge < -0.3 is 4.74 Å². The van der Waals surface area contributed by atoms with Crippen molar-refractivity contribution in [1.82, 2.24) is 0 Å². The number of halogens is 3. The number of carbonyl (C=O) groups excluding carboxylic acids is 1. The van der Waals surface area contributed by atoms with Crippen molar-refractivity contribution in [3.05, 3.63) is 34.2 Å². The van der Waals surface area contributed by atoms with Crippen LogP contribution in [-0.2, 0) is 4.74 Å². The second-order valence-corrected chi connectivity index (χ2v) is 6.20. The fraction of sp³-hybridized carbons (Fsp3) is 0.438. The van der Waals surface area contributed by atoms with Crippen LogP contribution in [0.3, 0.4) is 0 Å². The zero-order valence-electron chi connectivity index (χ0n) is 13.5. The lowest BCUT2D eigenvalue weighted by Gasteiger charge is -2.21. The zero-order valence-corrected chi connectivity index (χ0v) is 13.5. The van der Waals surface area contributed by atoms with Crippen molar-refractivity contribution in [2.75, 3.05) is 5.32 Å². The highest BCUT2D eigenvalue weighted by Gasteiger charge is 2.25. The summed E-state index contributed by atoms with van der Waals surface area (Å²) in [6, 6.07) is 0. The van der Waals surface area contributed by atoms with Crippen LogP contribution in [0.2, 0.25) is 0 Å². The molecule has 0 atom stereocenters. The smallest absolute Gasteiger partial charge is 0.412 e. The number of amides is 1. The van der Waals surface area contributed by atoms with Gasteiger partial charge in [-0.2, -0.15) is 0 Å². The van der Waals surface area contributed by atoms with Gasteiger partial charge in [-0.05, 0) is 41.5 Å². The van der Waals surface area contributed by atoms with E-state index in [2.05, 4.69) is 5.32 Å². The lowest BCUT2D eigenvalue weighted by molar-refractivity contribution is 0.0635. The Balaban J connectivity index is 3.39. The number of anilines is 1. The summed E-state index contributed by atoms with van der Waals surface area (Å²) in [5.41, 5.74) is -1.39. The first-order valence-corrected chi connectivity index (χ1v) is 6.76. The summed E-state index contributed by atoms with van der Waals surface area (Å²) in [6.07, 6.45) is 0.342. The predicted octanol–water partition coefficient (Wildman–Crippen LogP) is 5.18. The first kappa shape index (κ1) is 18.1. The molecule has 0 aliphatic rings. The number of allylic oxidation sites excluding steroid dienone is 1. The SMILES string of the molecule is CC(C)=Cc1c(F)c(C)c(F)c(F)c1NC(=O)OC(C)(C)C. The number of ether oxygens (including phenoxy) is 1. The lowest BCUT2D eigenvalue weighted by atomic mass is 10.0. The molecule has 0 saturated carbocycles. The standard InChI is InChI=1S/C16H20F3NO2/c1-8(2)7-10-11(17)9(3)12(18)13(19)14(10)20-15(21)22-16(4,5)6/h7H,1-6H3,(H,20,21). The van der Waals surface area contributed by atoms with Gasteiger partial charge in [0.2, 0.25) is 0 Å². The van der Waals surface area contributed by atoms with Crippen LogP contribution in [0.15, 0.2) is 5.57 Å². The van der Waals surface area contributed by atoms with Crippen LogP contribution in [0.1, 0.15) is 45.7 Å². The van der Waals surface area contributed by atoms with E-state index in [0.29, 0.717) is 5.57 Å². The molecule has 0 bridgehead atoms. The normalized spacial score (nSPS) is 11.1. The van der Waals surface area contributed by atoms with Crippen LogP contribution in [0.4, 0.5) is 23.7 Å². The molecule has 1 aromatic carbocycles. The van der Waals surface area contributed by atoms with Crippen LogP contribution >= 0.6 is 0 Å². The van der Waals surface area contributed by atoms with Gasteiger partial charge in [-0.25, -0.2) is 18.0 Å². The van der Waals surface area contributed by atoms with E-state index in [1.165, 1.54) is 6.08 Å². The number of nitrogens with one attached hydrogen (secondary N) is 1. The van der Waals surface area contributed by atoms with Gasteiger partial charge in [0, 0.05) is 11.1 Å². The number of carbonyl (C=O) groups is 1. The minimum Gasteiger partial charge on any atom is -0.444 e. The van der Waals surface area contributed by atoms with Crippen molar-refractivity contribution in [3.63, 3.8) is 0 Å². The number of rotatable bonds is 2. The Morgan fingerprint density at radius 2 is 1.64 bits per heavy atom. The molecule has 0 radical (unpaired) electrons. The number of hydrogen-bond acceptors (Lipinski definition) is 2. The van der Waals surface area contributed by atoms with Crippen molar-refractivity contribution < 1.29 is 22.7 Å². The Morgan fingerprint density at radius 3 is 2.09 bits per heavy atom. The molecule has 0 aliphatic heterocycles. The number of hydrogen-bond donors (Lipinski definition) is 1. The van der Waals surface area contributed by atoms with Crippen molar-refractivity contribution in [3.8, 4) is 0 Å². The molecular formula is C16H20F3NO2. The van der Waals surface area contributed by atoms with Crippen LogP contribution in [-0.4, -0.2) is 11.7 Å². The molecule has 1 N–H and O–H groups in total. The number of benzene rings is 1. The van der Waals surface area contributed by atoms with Gasteiger partial charge in [-0.1, -0.05) is 11.6 Å². The Morgan fingerprint density at radius 1 is 1.09 bits per heavy atom. The van der Waals surface area contributed by atoms with Crippen molar-refractivity contribution in [2.24, 2.45) is 0 Å². The van der Waals surface area contributed by atoms with E-state index in [-0.39, 0.29) is 5.56 Å². The quantitative estimate of drug-likeness (QED) is 0.763. The highest BCUT2D eigenvalue weighted by Crippen LogP contribution is 2.31. The minimum absolute atomic E-state index is 0.220. The fourth-order valence-corrected chi connectivity index (χ4v) is 1.75. The van der Waals surface area contributed by atoms with Crippen LogP contribution in [0.5, 0.6) is 0 Å². The maximum absolute atomic E-state index is 14.2. The minimum atomic E-state index is -1.34. The summed E-state index contributed by atoms with van der Waals surface area (Å²) in [4.78, 5) is 11.8. The summed E-state index contributed by atoms with van der Waals surface area (Å²) >= 11 is 0. The van der Waals surface area contributed by atoms with Crippen molar-refractivity contribution >= 4 is 17.9 Å². The molecule has 1 rings (SSSR count). The molecule has 0 unspecified atom stereocenters. The van der Waals surface area contributed by atoms with E-state index in [0.717, 1.165) is 6.92 Å². The molecular weight excluding hydrogens is 295 g/mol. The Kier molecular flexibility index (Phi) is 5.27. The molecule has 122 valence electrons. The maximum atomic E-state index is 14.2. The van der Waals surface area contributed by atoms with Gasteiger partial charge in [0.05, 0.1) is 5.69 Å². The Labute approximate surface area is 128 Å². The van der Waals surface area contributed by atoms with Crippen molar-refractivity contribution in [2.45, 2.75) is 47.1 Å². The van der Waals surface area contributed by atoms with E-state index < -0.39 is 40.4 Å². The fourth-order valence-electron chi connectivity index (χ4n) is 1.75. The summed E-state index contributed by atoms with van der Waals surface area (Å²) in [6.45, 7) is 9.34. The Bertz CT molecular complexity index is 628. The first-order valence-electron chi connectivity index (χ1n) is 6.76. The van der Waals surface area contributed by atoms with Gasteiger partial charge in [-0.3, -0.25) is 5.32 Å². The van der Waals surface area contributed by atoms with Crippen LogP contribution in [0, 0.1) is 24.4 Å². The monoisotopic (exact) mass is 315 g/mol. The second kappa shape index (κ2) is 6.42. The van der Waals surface area contributed by atoms with E-state index in [1.54, 1.807) is 34.6 Å². The predicted molar refractivity (Wildman–Crippen MR) is 80.2 cm³/mol. The van der Waals surface area contributed by atoms with E-state index in [1.807, 2.05) is 0 Å². The molecule has 0 spiro atoms. The molecule has 22 heavy (non-hydrogen) atoms. The van der Waals surface area contributed by atoms with Gasteiger partial charge >= 0.3 is 6.09 Å². The van der Waals surface area contributed by atoms with Crippen LogP contribution in [0.25, 0.3) is 6.08 Å². The van der Waals surface area contributed by atoms with E-state index >= 15 is 0 Å². The molecule has 0 aromatic heterocycles. The third-order valence-corrected chi connectivity index (χ3v) is 2.64. The van der Waals surface area contributed by atoms with E-state index in [9.17, 15) is 18.0 Å². The second-order valence-electron chi connectivity index (χ2n) is 6.20. The summed E-state index contributed by atoms with van der Waals surface area (Å²) in [5.74, 6) is -3.59. The van der Waals surface area contributed by atoms with Gasteiger partial charge in [0.25, 0.3) is 0 Å². The third kappa shape index (κ3) is 4.26. The molecule has 1 amide bonds. The molecule has 3 nitrogen and oxygen atoms in total. The van der Waals surface area contributed by atoms with Gasteiger partial charge in [0.15, 0.2) is 11.6 Å². The Hall–Kier alpha value is -1.98. The largest absolute Gasteiger partial charge is 0.444 e. The third-order valence-electron chi connectivity index (χ3n) is 2.64. The maximum Gasteiger partial charge on any atom is 0.412 e. The molecule has 0 aliphatic carbocycles. The van der Waals surface area contributed by atoms with Gasteiger partial charge in [0.1, 0.15) is 11.4 Å². The summed E-state index contributed by atoms with van der Waals surface area (Å²) < 4.78 is 47.0. The summed E-state index contributed by atoms with van der Waals surface area (Å²) in [7, 11) is 0. The molecule has 1 aromatic rings. The van der Waals surface area contributed by atoms with E-state index in [4.69, 9.17) is 4.74 Å². The average molecular weight is 315 g/mol. The van der Waals surface area contributed by atoms with Crippen LogP contribution < -0.4 is 5.32 Å². The molecule has 0 heterocycles. The average Bonchev–Trinajstić information content (AvgIpc) is 2.35.